The van der Waals surface area contributed by atoms with Crippen LogP contribution in [0.5, 0.6) is 5.75 Å². The molecule has 1 atom stereocenters. The third-order valence-electron chi connectivity index (χ3n) is 5.74. The second-order valence-corrected chi connectivity index (χ2v) is 10.8. The highest BCUT2D eigenvalue weighted by Gasteiger charge is 2.26. The number of benzene rings is 1. The summed E-state index contributed by atoms with van der Waals surface area (Å²) in [6.07, 6.45) is 0.669. The fourth-order valence-electron chi connectivity index (χ4n) is 3.85. The maximum absolute atomic E-state index is 11.3. The zero-order chi connectivity index (χ0) is 23.7. The minimum atomic E-state index is -0.184. The molecule has 0 saturated carbocycles. The van der Waals surface area contributed by atoms with Crippen molar-refractivity contribution in [3.05, 3.63) is 82.4 Å². The maximum Gasteiger partial charge on any atom is 0.142 e. The van der Waals surface area contributed by atoms with E-state index in [1.807, 2.05) is 50.2 Å². The van der Waals surface area contributed by atoms with Crippen LogP contribution in [0.15, 0.2) is 48.5 Å². The van der Waals surface area contributed by atoms with Crippen LogP contribution in [0.2, 0.25) is 0 Å². The number of hydrogen-bond acceptors (Lipinski definition) is 4. The van der Waals surface area contributed by atoms with Gasteiger partial charge in [-0.2, -0.15) is 0 Å². The molecule has 0 spiro atoms. The quantitative estimate of drug-likeness (QED) is 0.437. The molecular weight excluding hydrogens is 394 g/mol. The van der Waals surface area contributed by atoms with Crippen LogP contribution in [0.4, 0.5) is 5.69 Å². The molecule has 170 valence electrons. The number of aromatic hydroxyl groups is 1. The number of phenolic OH excluding ortho intramolecular Hbond substituents is 1. The Kier molecular flexibility index (Phi) is 6.64. The van der Waals surface area contributed by atoms with E-state index in [1.165, 1.54) is 5.56 Å². The van der Waals surface area contributed by atoms with Crippen molar-refractivity contribution in [2.75, 3.05) is 5.32 Å². The number of aryl methyl sites for hydroxylation is 2. The Morgan fingerprint density at radius 2 is 1.47 bits per heavy atom. The Balaban J connectivity index is 2.10. The molecule has 1 aromatic carbocycles. The second-order valence-electron chi connectivity index (χ2n) is 10.8. The Hall–Kier alpha value is -2.88. The molecule has 0 aliphatic carbocycles. The lowest BCUT2D eigenvalue weighted by atomic mass is 9.79. The van der Waals surface area contributed by atoms with Crippen LogP contribution >= 0.6 is 0 Å². The fraction of sp³-hybridized carbons (Fsp3) is 0.429. The van der Waals surface area contributed by atoms with Crippen molar-refractivity contribution < 1.29 is 5.11 Å². The molecule has 0 bridgehead atoms. The second kappa shape index (κ2) is 8.93. The highest BCUT2D eigenvalue weighted by atomic mass is 16.3. The number of nitrogens with zero attached hydrogens (tertiary/aromatic N) is 2. The van der Waals surface area contributed by atoms with Crippen molar-refractivity contribution in [2.45, 2.75) is 78.7 Å². The van der Waals surface area contributed by atoms with Crippen LogP contribution in [-0.2, 0) is 17.3 Å². The van der Waals surface area contributed by atoms with E-state index in [-0.39, 0.29) is 16.9 Å². The largest absolute Gasteiger partial charge is 0.505 e. The Bertz CT molecular complexity index is 1090. The zero-order valence-electron chi connectivity index (χ0n) is 20.7. The molecule has 4 heteroatoms. The number of pyridine rings is 2. The zero-order valence-corrected chi connectivity index (χ0v) is 20.7. The van der Waals surface area contributed by atoms with Crippen molar-refractivity contribution in [2.24, 2.45) is 0 Å². The Labute approximate surface area is 193 Å². The number of rotatable bonds is 5. The average molecular weight is 432 g/mol. The molecule has 0 radical (unpaired) electrons. The lowest BCUT2D eigenvalue weighted by molar-refractivity contribution is 0.445. The minimum Gasteiger partial charge on any atom is -0.505 e. The first-order valence-electron chi connectivity index (χ1n) is 11.3. The molecule has 0 aliphatic heterocycles. The van der Waals surface area contributed by atoms with E-state index in [4.69, 9.17) is 9.97 Å². The third kappa shape index (κ3) is 5.67. The Morgan fingerprint density at radius 1 is 0.844 bits per heavy atom. The monoisotopic (exact) mass is 431 g/mol. The summed E-state index contributed by atoms with van der Waals surface area (Å²) in [4.78, 5) is 9.50. The molecule has 2 heterocycles. The lowest BCUT2D eigenvalue weighted by Gasteiger charge is -2.29. The topological polar surface area (TPSA) is 58.0 Å². The van der Waals surface area contributed by atoms with Gasteiger partial charge < -0.3 is 10.4 Å². The van der Waals surface area contributed by atoms with Gasteiger partial charge in [-0.25, -0.2) is 0 Å². The summed E-state index contributed by atoms with van der Waals surface area (Å²) in [5.74, 6) is 0.306. The molecule has 2 N–H and O–H groups in total. The van der Waals surface area contributed by atoms with E-state index >= 15 is 0 Å². The van der Waals surface area contributed by atoms with Gasteiger partial charge in [-0.1, -0.05) is 59.7 Å². The van der Waals surface area contributed by atoms with E-state index in [9.17, 15) is 5.11 Å². The van der Waals surface area contributed by atoms with Gasteiger partial charge in [0.1, 0.15) is 5.75 Å². The van der Waals surface area contributed by atoms with Crippen LogP contribution in [0.25, 0.3) is 0 Å². The summed E-state index contributed by atoms with van der Waals surface area (Å²) in [5.41, 5.74) is 6.53. The van der Waals surface area contributed by atoms with E-state index < -0.39 is 0 Å². The van der Waals surface area contributed by atoms with Crippen molar-refractivity contribution in [3.8, 4) is 5.75 Å². The van der Waals surface area contributed by atoms with Crippen LogP contribution in [-0.4, -0.2) is 15.1 Å². The van der Waals surface area contributed by atoms with E-state index in [0.717, 1.165) is 34.0 Å². The molecular formula is C28H37N3O. The summed E-state index contributed by atoms with van der Waals surface area (Å²) in [7, 11) is 0. The van der Waals surface area contributed by atoms with E-state index in [2.05, 4.69) is 59.0 Å². The number of aromatic nitrogens is 2. The molecule has 1 unspecified atom stereocenters. The minimum absolute atomic E-state index is 0.0424. The first-order chi connectivity index (χ1) is 14.8. The number of anilines is 1. The number of nitrogens with one attached hydrogen (secondary N) is 1. The van der Waals surface area contributed by atoms with Crippen molar-refractivity contribution in [3.63, 3.8) is 0 Å². The summed E-state index contributed by atoms with van der Waals surface area (Å²) < 4.78 is 0. The molecule has 32 heavy (non-hydrogen) atoms. The SMILES string of the molecule is Cc1cccc(CC(Nc2cc(C(C)(C)C)cc(C(C)(C)C)c2O)c2cccc(C)n2)n1. The number of hydrogen-bond donors (Lipinski definition) is 2. The predicted octanol–water partition coefficient (Wildman–Crippen LogP) is 6.79. The first-order valence-corrected chi connectivity index (χ1v) is 11.3. The summed E-state index contributed by atoms with van der Waals surface area (Å²) in [6, 6.07) is 16.2. The normalized spacial score (nSPS) is 13.1. The van der Waals surface area contributed by atoms with Crippen LogP contribution in [0.3, 0.4) is 0 Å². The highest BCUT2D eigenvalue weighted by molar-refractivity contribution is 5.64. The van der Waals surface area contributed by atoms with Crippen molar-refractivity contribution >= 4 is 5.69 Å². The van der Waals surface area contributed by atoms with Gasteiger partial charge in [0.15, 0.2) is 0 Å². The van der Waals surface area contributed by atoms with Gasteiger partial charge in [0, 0.05) is 29.1 Å². The van der Waals surface area contributed by atoms with E-state index in [1.54, 1.807) is 0 Å². The molecule has 2 aromatic heterocycles. The smallest absolute Gasteiger partial charge is 0.142 e. The summed E-state index contributed by atoms with van der Waals surface area (Å²) in [5, 5.41) is 14.9. The average Bonchev–Trinajstić information content (AvgIpc) is 2.67. The van der Waals surface area contributed by atoms with Crippen molar-refractivity contribution in [1.29, 1.82) is 0 Å². The highest BCUT2D eigenvalue weighted by Crippen LogP contribution is 2.41. The van der Waals surface area contributed by atoms with Crippen molar-refractivity contribution in [1.82, 2.24) is 9.97 Å². The summed E-state index contributed by atoms with van der Waals surface area (Å²) in [6.45, 7) is 17.0. The molecule has 3 aromatic rings. The standard InChI is InChI=1S/C28H37N3O/c1-18-11-9-13-21(29-18)17-24(23-14-10-12-19(2)30-23)31-25-16-20(27(3,4)5)15-22(26(25)32)28(6,7)8/h9-16,24,31-32H,17H2,1-8H3. The molecule has 0 amide bonds. The fourth-order valence-corrected chi connectivity index (χ4v) is 3.85. The van der Waals surface area contributed by atoms with Crippen LogP contribution in [0, 0.1) is 13.8 Å². The van der Waals surface area contributed by atoms with E-state index in [0.29, 0.717) is 12.2 Å². The molecule has 0 fully saturated rings. The van der Waals surface area contributed by atoms with Gasteiger partial charge in [0.05, 0.1) is 17.4 Å². The predicted molar refractivity (Wildman–Crippen MR) is 134 cm³/mol. The van der Waals surface area contributed by atoms with Crippen LogP contribution in [0.1, 0.15) is 81.5 Å². The molecule has 0 aliphatic rings. The molecule has 4 nitrogen and oxygen atoms in total. The number of phenols is 1. The van der Waals surface area contributed by atoms with Crippen LogP contribution < -0.4 is 5.32 Å². The molecule has 3 rings (SSSR count). The van der Waals surface area contributed by atoms with Gasteiger partial charge in [0.2, 0.25) is 0 Å². The lowest BCUT2D eigenvalue weighted by Crippen LogP contribution is -2.20. The molecule has 0 saturated heterocycles. The Morgan fingerprint density at radius 3 is 2.03 bits per heavy atom. The van der Waals surface area contributed by atoms with Gasteiger partial charge in [-0.15, -0.1) is 0 Å². The maximum atomic E-state index is 11.3. The third-order valence-corrected chi connectivity index (χ3v) is 5.74. The van der Waals surface area contributed by atoms with Gasteiger partial charge >= 0.3 is 0 Å². The van der Waals surface area contributed by atoms with Gasteiger partial charge in [0.25, 0.3) is 0 Å². The van der Waals surface area contributed by atoms with Gasteiger partial charge in [-0.3, -0.25) is 9.97 Å². The summed E-state index contributed by atoms with van der Waals surface area (Å²) >= 11 is 0. The van der Waals surface area contributed by atoms with Gasteiger partial charge in [-0.05, 0) is 60.6 Å². The first kappa shape index (κ1) is 23.8.